The minimum Gasteiger partial charge on any atom is -0.326 e. The third-order valence-electron chi connectivity index (χ3n) is 4.34. The minimum absolute atomic E-state index is 0.263. The maximum absolute atomic E-state index is 13.1. The van der Waals surface area contributed by atoms with Crippen LogP contribution < -0.4 is 10.6 Å². The average Bonchev–Trinajstić information content (AvgIpc) is 3.12. The van der Waals surface area contributed by atoms with Crippen LogP contribution in [-0.4, -0.2) is 26.1 Å². The molecular formula is C18H14Cl2N6O. The predicted octanol–water partition coefficient (Wildman–Crippen LogP) is 3.76. The van der Waals surface area contributed by atoms with Crippen LogP contribution in [0.15, 0.2) is 60.8 Å². The van der Waals surface area contributed by atoms with Gasteiger partial charge in [0.1, 0.15) is 12.0 Å². The molecule has 2 N–H and O–H groups in total. The van der Waals surface area contributed by atoms with Crippen LogP contribution in [0.3, 0.4) is 0 Å². The number of hydrogen-bond donors (Lipinski definition) is 2. The van der Waals surface area contributed by atoms with Crippen LogP contribution in [0.5, 0.6) is 0 Å². The number of hydrogen-bond acceptors (Lipinski definition) is 5. The van der Waals surface area contributed by atoms with Crippen molar-refractivity contribution in [1.82, 2.24) is 20.2 Å². The van der Waals surface area contributed by atoms with Gasteiger partial charge in [0, 0.05) is 11.4 Å². The number of tetrazole rings is 1. The molecule has 1 aliphatic heterocycles. The first kappa shape index (κ1) is 17.5. The zero-order chi connectivity index (χ0) is 19.0. The lowest BCUT2D eigenvalue weighted by molar-refractivity contribution is -0.119. The molecule has 2 unspecified atom stereocenters. The third-order valence-corrected chi connectivity index (χ3v) is 5.18. The number of amides is 1. The topological polar surface area (TPSA) is 84.7 Å². The standard InChI is InChI=1S/C18H14Cl2N6O/c1-10-14(17(27)22-11-6-3-2-4-7-11)16(26-18(21-10)23-24-25-26)12-8-5-9-13(19)15(12)20/h2-9,14,16H,1H2,(H,22,27)(H,21,23,25). The van der Waals surface area contributed by atoms with Crippen molar-refractivity contribution in [2.24, 2.45) is 5.92 Å². The molecule has 3 aromatic rings. The Hall–Kier alpha value is -2.90. The number of rotatable bonds is 3. The Kier molecular flexibility index (Phi) is 4.55. The molecule has 0 aliphatic carbocycles. The van der Waals surface area contributed by atoms with Crippen LogP contribution in [0.2, 0.25) is 10.0 Å². The fourth-order valence-electron chi connectivity index (χ4n) is 3.12. The van der Waals surface area contributed by atoms with Crippen molar-refractivity contribution in [2.45, 2.75) is 6.04 Å². The van der Waals surface area contributed by atoms with E-state index in [1.807, 2.05) is 18.2 Å². The Bertz CT molecular complexity index is 1020. The smallest absolute Gasteiger partial charge is 0.247 e. The van der Waals surface area contributed by atoms with E-state index in [1.54, 1.807) is 30.3 Å². The number of nitrogens with one attached hydrogen (secondary N) is 2. The molecule has 4 rings (SSSR count). The maximum atomic E-state index is 13.1. The van der Waals surface area contributed by atoms with Crippen molar-refractivity contribution in [2.75, 3.05) is 10.6 Å². The molecule has 7 nitrogen and oxygen atoms in total. The van der Waals surface area contributed by atoms with Crippen LogP contribution in [0.1, 0.15) is 11.6 Å². The molecule has 136 valence electrons. The van der Waals surface area contributed by atoms with Crippen LogP contribution in [-0.2, 0) is 4.79 Å². The summed E-state index contributed by atoms with van der Waals surface area (Å²) in [6, 6.07) is 13.8. The van der Waals surface area contributed by atoms with Crippen molar-refractivity contribution in [3.8, 4) is 0 Å². The fourth-order valence-corrected chi connectivity index (χ4v) is 3.54. The van der Waals surface area contributed by atoms with Gasteiger partial charge in [-0.2, -0.15) is 0 Å². The highest BCUT2D eigenvalue weighted by atomic mass is 35.5. The Labute approximate surface area is 165 Å². The Morgan fingerprint density at radius 1 is 1.15 bits per heavy atom. The molecule has 0 bridgehead atoms. The number of aromatic nitrogens is 4. The summed E-state index contributed by atoms with van der Waals surface area (Å²) in [4.78, 5) is 13.1. The van der Waals surface area contributed by atoms with Gasteiger partial charge in [-0.05, 0) is 34.2 Å². The number of carbonyl (C=O) groups excluding carboxylic acids is 1. The highest BCUT2D eigenvalue weighted by Crippen LogP contribution is 2.41. The van der Waals surface area contributed by atoms with Crippen molar-refractivity contribution >= 4 is 40.7 Å². The van der Waals surface area contributed by atoms with E-state index in [1.165, 1.54) is 4.68 Å². The predicted molar refractivity (Wildman–Crippen MR) is 104 cm³/mol. The maximum Gasteiger partial charge on any atom is 0.247 e. The van der Waals surface area contributed by atoms with Crippen molar-refractivity contribution in [1.29, 1.82) is 0 Å². The van der Waals surface area contributed by atoms with Gasteiger partial charge in [-0.1, -0.05) is 65.2 Å². The van der Waals surface area contributed by atoms with Gasteiger partial charge in [0.15, 0.2) is 0 Å². The summed E-state index contributed by atoms with van der Waals surface area (Å²) in [6.45, 7) is 4.01. The van der Waals surface area contributed by atoms with Crippen molar-refractivity contribution in [3.63, 3.8) is 0 Å². The minimum atomic E-state index is -0.711. The van der Waals surface area contributed by atoms with Crippen LogP contribution in [0.4, 0.5) is 11.6 Å². The van der Waals surface area contributed by atoms with Gasteiger partial charge in [-0.15, -0.1) is 0 Å². The van der Waals surface area contributed by atoms with E-state index >= 15 is 0 Å². The first-order valence-electron chi connectivity index (χ1n) is 8.10. The van der Waals surface area contributed by atoms with Gasteiger partial charge in [-0.3, -0.25) is 4.79 Å². The van der Waals surface area contributed by atoms with E-state index < -0.39 is 12.0 Å². The number of benzene rings is 2. The molecule has 0 saturated carbocycles. The number of para-hydroxylation sites is 1. The zero-order valence-electron chi connectivity index (χ0n) is 13.9. The second-order valence-corrected chi connectivity index (χ2v) is 6.80. The summed E-state index contributed by atoms with van der Waals surface area (Å²) in [5, 5.41) is 18.3. The number of fused-ring (bicyclic) bond motifs is 1. The summed E-state index contributed by atoms with van der Waals surface area (Å²) in [6.07, 6.45) is 0. The summed E-state index contributed by atoms with van der Waals surface area (Å²) in [7, 11) is 0. The highest BCUT2D eigenvalue weighted by molar-refractivity contribution is 6.42. The van der Waals surface area contributed by atoms with Crippen LogP contribution in [0, 0.1) is 5.92 Å². The van der Waals surface area contributed by atoms with Crippen molar-refractivity contribution < 1.29 is 4.79 Å². The molecule has 27 heavy (non-hydrogen) atoms. The van der Waals surface area contributed by atoms with E-state index in [9.17, 15) is 4.79 Å². The van der Waals surface area contributed by atoms with E-state index in [2.05, 4.69) is 32.7 Å². The molecule has 0 saturated heterocycles. The van der Waals surface area contributed by atoms with Gasteiger partial charge < -0.3 is 10.6 Å². The molecule has 2 atom stereocenters. The largest absolute Gasteiger partial charge is 0.326 e. The highest BCUT2D eigenvalue weighted by Gasteiger charge is 2.41. The number of halogens is 2. The quantitative estimate of drug-likeness (QED) is 0.698. The van der Waals surface area contributed by atoms with Gasteiger partial charge in [-0.25, -0.2) is 4.68 Å². The number of carbonyl (C=O) groups is 1. The zero-order valence-corrected chi connectivity index (χ0v) is 15.4. The number of anilines is 2. The van der Waals surface area contributed by atoms with E-state index in [-0.39, 0.29) is 5.91 Å². The normalized spacial score (nSPS) is 18.5. The summed E-state index contributed by atoms with van der Waals surface area (Å²) in [5.41, 5.74) is 1.77. The Morgan fingerprint density at radius 2 is 1.93 bits per heavy atom. The molecule has 1 aromatic heterocycles. The lowest BCUT2D eigenvalue weighted by Crippen LogP contribution is -2.39. The average molecular weight is 401 g/mol. The molecule has 0 radical (unpaired) electrons. The van der Waals surface area contributed by atoms with E-state index in [0.29, 0.717) is 32.9 Å². The molecule has 2 aromatic carbocycles. The van der Waals surface area contributed by atoms with Gasteiger partial charge in [0.05, 0.1) is 10.0 Å². The van der Waals surface area contributed by atoms with Gasteiger partial charge in [0.25, 0.3) is 0 Å². The molecule has 0 spiro atoms. The molecular weight excluding hydrogens is 387 g/mol. The van der Waals surface area contributed by atoms with Crippen LogP contribution >= 0.6 is 23.2 Å². The lowest BCUT2D eigenvalue weighted by atomic mass is 9.88. The van der Waals surface area contributed by atoms with Gasteiger partial charge >= 0.3 is 0 Å². The Morgan fingerprint density at radius 3 is 2.70 bits per heavy atom. The van der Waals surface area contributed by atoms with Crippen molar-refractivity contribution in [3.05, 3.63) is 76.4 Å². The molecule has 1 aliphatic rings. The second kappa shape index (κ2) is 7.02. The first-order chi connectivity index (χ1) is 13.1. The monoisotopic (exact) mass is 400 g/mol. The summed E-state index contributed by atoms with van der Waals surface area (Å²) in [5.74, 6) is -0.595. The first-order valence-corrected chi connectivity index (χ1v) is 8.85. The summed E-state index contributed by atoms with van der Waals surface area (Å²) >= 11 is 12.6. The second-order valence-electron chi connectivity index (χ2n) is 6.02. The summed E-state index contributed by atoms with van der Waals surface area (Å²) < 4.78 is 1.52. The molecule has 9 heteroatoms. The fraction of sp³-hybridized carbons (Fsp3) is 0.111. The van der Waals surface area contributed by atoms with Crippen LogP contribution in [0.25, 0.3) is 0 Å². The van der Waals surface area contributed by atoms with E-state index in [4.69, 9.17) is 23.2 Å². The lowest BCUT2D eigenvalue weighted by Gasteiger charge is -2.33. The SMILES string of the molecule is C=C1Nc2nnnn2C(c2cccc(Cl)c2Cl)C1C(=O)Nc1ccccc1. The Balaban J connectivity index is 1.79. The molecule has 2 heterocycles. The van der Waals surface area contributed by atoms with E-state index in [0.717, 1.165) is 0 Å². The number of nitrogens with zero attached hydrogens (tertiary/aromatic N) is 4. The molecule has 0 fully saturated rings. The third kappa shape index (κ3) is 3.15. The molecule has 1 amide bonds. The van der Waals surface area contributed by atoms with Gasteiger partial charge in [0.2, 0.25) is 11.9 Å².